The standard InChI is InChI=1S/C19H28N2O2/c1-2-6-18(19(22)23)20-15-11-16-9-10-17(12-15)21(16)13-14-7-4-3-5-8-14/h3-5,7-8,15-18,20H,2,6,9-13H2,1H3,(H,22,23). The minimum absolute atomic E-state index is 0.354. The predicted octanol–water partition coefficient (Wildman–Crippen LogP) is 3.02. The van der Waals surface area contributed by atoms with Crippen LogP contribution in [0.15, 0.2) is 30.3 Å². The maximum absolute atomic E-state index is 11.4. The lowest BCUT2D eigenvalue weighted by atomic mass is 9.95. The number of carboxylic acid groups (broad SMARTS) is 1. The number of hydrogen-bond donors (Lipinski definition) is 2. The van der Waals surface area contributed by atoms with Crippen LogP contribution in [0.25, 0.3) is 0 Å². The first-order chi connectivity index (χ1) is 11.2. The Kier molecular flexibility index (Phi) is 5.34. The van der Waals surface area contributed by atoms with Crippen LogP contribution < -0.4 is 5.32 Å². The van der Waals surface area contributed by atoms with E-state index in [-0.39, 0.29) is 6.04 Å². The van der Waals surface area contributed by atoms with Crippen molar-refractivity contribution in [3.63, 3.8) is 0 Å². The third-order valence-electron chi connectivity index (χ3n) is 5.40. The number of nitrogens with zero attached hydrogens (tertiary/aromatic N) is 1. The Bertz CT molecular complexity index is 505. The van der Waals surface area contributed by atoms with E-state index in [4.69, 9.17) is 0 Å². The molecule has 3 atom stereocenters. The van der Waals surface area contributed by atoms with Crippen LogP contribution in [0.3, 0.4) is 0 Å². The molecule has 2 aliphatic heterocycles. The van der Waals surface area contributed by atoms with Crippen molar-refractivity contribution in [2.75, 3.05) is 0 Å². The molecule has 0 spiro atoms. The summed E-state index contributed by atoms with van der Waals surface area (Å²) in [7, 11) is 0. The molecule has 0 saturated carbocycles. The molecule has 0 amide bonds. The highest BCUT2D eigenvalue weighted by molar-refractivity contribution is 5.73. The summed E-state index contributed by atoms with van der Waals surface area (Å²) in [5.41, 5.74) is 1.38. The quantitative estimate of drug-likeness (QED) is 0.812. The van der Waals surface area contributed by atoms with Crippen LogP contribution in [0.2, 0.25) is 0 Å². The summed E-state index contributed by atoms with van der Waals surface area (Å²) < 4.78 is 0. The van der Waals surface area contributed by atoms with Crippen LogP contribution in [0.4, 0.5) is 0 Å². The fourth-order valence-electron chi connectivity index (χ4n) is 4.31. The van der Waals surface area contributed by atoms with Crippen LogP contribution in [-0.4, -0.2) is 40.1 Å². The molecule has 3 unspecified atom stereocenters. The van der Waals surface area contributed by atoms with Gasteiger partial charge >= 0.3 is 5.97 Å². The highest BCUT2D eigenvalue weighted by Gasteiger charge is 2.41. The smallest absolute Gasteiger partial charge is 0.320 e. The average molecular weight is 316 g/mol. The molecule has 2 heterocycles. The lowest BCUT2D eigenvalue weighted by molar-refractivity contribution is -0.140. The van der Waals surface area contributed by atoms with Gasteiger partial charge in [-0.05, 0) is 37.7 Å². The number of aliphatic carboxylic acids is 1. The zero-order valence-electron chi connectivity index (χ0n) is 13.9. The van der Waals surface area contributed by atoms with Gasteiger partial charge in [0.25, 0.3) is 0 Å². The Morgan fingerprint density at radius 1 is 1.26 bits per heavy atom. The van der Waals surface area contributed by atoms with Gasteiger partial charge in [-0.1, -0.05) is 43.7 Å². The number of fused-ring (bicyclic) bond motifs is 2. The molecule has 4 heteroatoms. The van der Waals surface area contributed by atoms with E-state index in [1.165, 1.54) is 18.4 Å². The Morgan fingerprint density at radius 2 is 1.91 bits per heavy atom. The second-order valence-electron chi connectivity index (χ2n) is 7.06. The molecule has 0 radical (unpaired) electrons. The maximum atomic E-state index is 11.4. The molecule has 2 aliphatic rings. The zero-order chi connectivity index (χ0) is 16.2. The Labute approximate surface area is 138 Å². The van der Waals surface area contributed by atoms with E-state index in [2.05, 4.69) is 40.5 Å². The summed E-state index contributed by atoms with van der Waals surface area (Å²) in [5.74, 6) is -0.703. The van der Waals surface area contributed by atoms with Gasteiger partial charge in [-0.2, -0.15) is 0 Å². The third-order valence-corrected chi connectivity index (χ3v) is 5.40. The highest BCUT2D eigenvalue weighted by Crippen LogP contribution is 2.37. The van der Waals surface area contributed by atoms with Crippen molar-refractivity contribution in [3.8, 4) is 0 Å². The fraction of sp³-hybridized carbons (Fsp3) is 0.632. The van der Waals surface area contributed by atoms with Gasteiger partial charge in [0.05, 0.1) is 0 Å². The van der Waals surface area contributed by atoms with E-state index in [1.54, 1.807) is 0 Å². The minimum Gasteiger partial charge on any atom is -0.480 e. The summed E-state index contributed by atoms with van der Waals surface area (Å²) in [6, 6.07) is 11.8. The van der Waals surface area contributed by atoms with Crippen molar-refractivity contribution in [1.82, 2.24) is 10.2 Å². The SMILES string of the molecule is CCCC(NC1CC2CCC(C1)N2Cc1ccccc1)C(=O)O. The summed E-state index contributed by atoms with van der Waals surface area (Å²) in [6.07, 6.45) is 6.29. The van der Waals surface area contributed by atoms with Crippen molar-refractivity contribution < 1.29 is 9.90 Å². The minimum atomic E-state index is -0.703. The van der Waals surface area contributed by atoms with Gasteiger partial charge in [-0.3, -0.25) is 9.69 Å². The largest absolute Gasteiger partial charge is 0.480 e. The molecule has 1 aromatic rings. The second-order valence-corrected chi connectivity index (χ2v) is 7.06. The number of nitrogens with one attached hydrogen (secondary N) is 1. The van der Waals surface area contributed by atoms with E-state index in [1.807, 2.05) is 6.92 Å². The van der Waals surface area contributed by atoms with Crippen molar-refractivity contribution in [3.05, 3.63) is 35.9 Å². The van der Waals surface area contributed by atoms with Crippen LogP contribution >= 0.6 is 0 Å². The molecule has 0 aliphatic carbocycles. The van der Waals surface area contributed by atoms with E-state index >= 15 is 0 Å². The third kappa shape index (κ3) is 3.93. The number of carboxylic acids is 1. The molecule has 23 heavy (non-hydrogen) atoms. The Balaban J connectivity index is 1.59. The summed E-state index contributed by atoms with van der Waals surface area (Å²) in [5, 5.41) is 12.8. The van der Waals surface area contributed by atoms with Crippen LogP contribution in [0, 0.1) is 0 Å². The normalized spacial score (nSPS) is 28.7. The number of hydrogen-bond acceptors (Lipinski definition) is 3. The zero-order valence-corrected chi connectivity index (χ0v) is 13.9. The molecular weight excluding hydrogens is 288 g/mol. The molecule has 2 saturated heterocycles. The van der Waals surface area contributed by atoms with Gasteiger partial charge in [0.2, 0.25) is 0 Å². The molecule has 126 valence electrons. The number of rotatable bonds is 7. The van der Waals surface area contributed by atoms with Crippen molar-refractivity contribution >= 4 is 5.97 Å². The first-order valence-electron chi connectivity index (χ1n) is 8.96. The van der Waals surface area contributed by atoms with Crippen molar-refractivity contribution in [2.45, 2.75) is 76.2 Å². The summed E-state index contributed by atoms with van der Waals surface area (Å²) >= 11 is 0. The predicted molar refractivity (Wildman–Crippen MR) is 91.3 cm³/mol. The monoisotopic (exact) mass is 316 g/mol. The number of carbonyl (C=O) groups is 1. The summed E-state index contributed by atoms with van der Waals surface area (Å²) in [4.78, 5) is 14.0. The Hall–Kier alpha value is -1.39. The van der Waals surface area contributed by atoms with E-state index in [0.717, 1.165) is 32.2 Å². The molecule has 2 bridgehead atoms. The first-order valence-corrected chi connectivity index (χ1v) is 8.96. The average Bonchev–Trinajstić information content (AvgIpc) is 2.78. The topological polar surface area (TPSA) is 52.6 Å². The van der Waals surface area contributed by atoms with Gasteiger partial charge in [0, 0.05) is 24.7 Å². The molecule has 4 nitrogen and oxygen atoms in total. The fourth-order valence-corrected chi connectivity index (χ4v) is 4.31. The van der Waals surface area contributed by atoms with Gasteiger partial charge in [0.1, 0.15) is 6.04 Å². The molecule has 0 aromatic heterocycles. The molecular formula is C19H28N2O2. The van der Waals surface area contributed by atoms with Crippen molar-refractivity contribution in [2.24, 2.45) is 0 Å². The molecule has 1 aromatic carbocycles. The first kappa shape index (κ1) is 16.5. The Morgan fingerprint density at radius 3 is 2.48 bits per heavy atom. The lowest BCUT2D eigenvalue weighted by Gasteiger charge is -2.40. The van der Waals surface area contributed by atoms with Gasteiger partial charge in [0.15, 0.2) is 0 Å². The van der Waals surface area contributed by atoms with Gasteiger partial charge in [-0.15, -0.1) is 0 Å². The number of piperidine rings is 1. The van der Waals surface area contributed by atoms with E-state index in [0.29, 0.717) is 18.1 Å². The highest BCUT2D eigenvalue weighted by atomic mass is 16.4. The van der Waals surface area contributed by atoms with E-state index < -0.39 is 5.97 Å². The molecule has 3 rings (SSSR count). The van der Waals surface area contributed by atoms with Crippen LogP contribution in [-0.2, 0) is 11.3 Å². The van der Waals surface area contributed by atoms with Gasteiger partial charge < -0.3 is 10.4 Å². The van der Waals surface area contributed by atoms with E-state index in [9.17, 15) is 9.90 Å². The maximum Gasteiger partial charge on any atom is 0.320 e. The van der Waals surface area contributed by atoms with Crippen molar-refractivity contribution in [1.29, 1.82) is 0 Å². The van der Waals surface area contributed by atoms with Crippen LogP contribution in [0.5, 0.6) is 0 Å². The van der Waals surface area contributed by atoms with Gasteiger partial charge in [-0.25, -0.2) is 0 Å². The second kappa shape index (κ2) is 7.45. The summed E-state index contributed by atoms with van der Waals surface area (Å²) in [6.45, 7) is 3.07. The lowest BCUT2D eigenvalue weighted by Crippen LogP contribution is -2.52. The van der Waals surface area contributed by atoms with Crippen LogP contribution in [0.1, 0.15) is 51.0 Å². The number of benzene rings is 1. The molecule has 2 N–H and O–H groups in total. The molecule has 2 fully saturated rings.